The molecule has 3 aromatic rings. The van der Waals surface area contributed by atoms with E-state index in [9.17, 15) is 13.2 Å². The van der Waals surface area contributed by atoms with Gasteiger partial charge in [-0.2, -0.15) is 4.31 Å². The minimum atomic E-state index is -3.58. The highest BCUT2D eigenvalue weighted by Gasteiger charge is 2.24. The summed E-state index contributed by atoms with van der Waals surface area (Å²) in [6.45, 7) is 9.40. The van der Waals surface area contributed by atoms with E-state index in [4.69, 9.17) is 0 Å². The lowest BCUT2D eigenvalue weighted by Crippen LogP contribution is -2.33. The first-order valence-corrected chi connectivity index (χ1v) is 13.8. The van der Waals surface area contributed by atoms with E-state index < -0.39 is 10.0 Å². The normalized spacial score (nSPS) is 12.1. The van der Waals surface area contributed by atoms with Crippen LogP contribution in [-0.4, -0.2) is 36.7 Å². The van der Waals surface area contributed by atoms with E-state index in [2.05, 4.69) is 36.3 Å². The monoisotopic (exact) mass is 487 g/mol. The van der Waals surface area contributed by atoms with E-state index in [1.807, 2.05) is 19.9 Å². The van der Waals surface area contributed by atoms with E-state index >= 15 is 0 Å². The van der Waals surface area contributed by atoms with Crippen molar-refractivity contribution in [3.8, 4) is 0 Å². The molecule has 0 aliphatic heterocycles. The van der Waals surface area contributed by atoms with Gasteiger partial charge in [-0.1, -0.05) is 57.9 Å². The van der Waals surface area contributed by atoms with Crippen LogP contribution in [0.3, 0.4) is 0 Å². The SMILES string of the molecule is CCCCN(CCCC)S(=O)(=O)c1ccc(C(=O)Nc2nc3ccc(C(C)C)cc3s2)cc1. The van der Waals surface area contributed by atoms with Crippen LogP contribution in [0.1, 0.15) is 75.2 Å². The van der Waals surface area contributed by atoms with Gasteiger partial charge in [0, 0.05) is 18.7 Å². The van der Waals surface area contributed by atoms with Crippen LogP contribution >= 0.6 is 11.3 Å². The number of amides is 1. The summed E-state index contributed by atoms with van der Waals surface area (Å²) in [5, 5.41) is 3.37. The third kappa shape index (κ3) is 6.19. The zero-order chi connectivity index (χ0) is 24.0. The van der Waals surface area contributed by atoms with E-state index in [1.165, 1.54) is 29.0 Å². The average molecular weight is 488 g/mol. The van der Waals surface area contributed by atoms with E-state index in [-0.39, 0.29) is 10.8 Å². The molecule has 0 unspecified atom stereocenters. The minimum Gasteiger partial charge on any atom is -0.298 e. The zero-order valence-corrected chi connectivity index (χ0v) is 21.4. The summed E-state index contributed by atoms with van der Waals surface area (Å²) in [4.78, 5) is 17.5. The Balaban J connectivity index is 1.74. The molecular weight excluding hydrogens is 454 g/mol. The molecule has 3 rings (SSSR count). The van der Waals surface area contributed by atoms with Gasteiger partial charge in [-0.25, -0.2) is 13.4 Å². The highest BCUT2D eigenvalue weighted by molar-refractivity contribution is 7.89. The largest absolute Gasteiger partial charge is 0.298 e. The molecule has 0 aliphatic rings. The Morgan fingerprint density at radius 1 is 1.03 bits per heavy atom. The summed E-state index contributed by atoms with van der Waals surface area (Å²) in [6, 6.07) is 12.3. The summed E-state index contributed by atoms with van der Waals surface area (Å²) in [6.07, 6.45) is 3.51. The van der Waals surface area contributed by atoms with Crippen LogP contribution in [0.4, 0.5) is 5.13 Å². The van der Waals surface area contributed by atoms with Crippen molar-refractivity contribution in [3.05, 3.63) is 53.6 Å². The number of rotatable bonds is 11. The summed E-state index contributed by atoms with van der Waals surface area (Å²) >= 11 is 1.43. The van der Waals surface area contributed by atoms with Gasteiger partial charge in [0.2, 0.25) is 10.0 Å². The maximum absolute atomic E-state index is 13.1. The van der Waals surface area contributed by atoms with Crippen molar-refractivity contribution < 1.29 is 13.2 Å². The lowest BCUT2D eigenvalue weighted by Gasteiger charge is -2.22. The zero-order valence-electron chi connectivity index (χ0n) is 19.8. The van der Waals surface area contributed by atoms with Crippen molar-refractivity contribution in [1.82, 2.24) is 9.29 Å². The Morgan fingerprint density at radius 3 is 2.24 bits per heavy atom. The molecule has 0 spiro atoms. The first kappa shape index (κ1) is 25.3. The van der Waals surface area contributed by atoms with E-state index in [0.717, 1.165) is 35.9 Å². The number of fused-ring (bicyclic) bond motifs is 1. The summed E-state index contributed by atoms with van der Waals surface area (Å²) < 4.78 is 28.8. The quantitative estimate of drug-likeness (QED) is 0.346. The van der Waals surface area contributed by atoms with Gasteiger partial charge in [0.05, 0.1) is 15.1 Å². The second-order valence-electron chi connectivity index (χ2n) is 8.49. The van der Waals surface area contributed by atoms with Gasteiger partial charge in [0.15, 0.2) is 5.13 Å². The van der Waals surface area contributed by atoms with Crippen molar-refractivity contribution in [2.24, 2.45) is 0 Å². The number of thiazole rings is 1. The molecule has 0 aliphatic carbocycles. The van der Waals surface area contributed by atoms with Crippen molar-refractivity contribution in [3.63, 3.8) is 0 Å². The van der Waals surface area contributed by atoms with Crippen molar-refractivity contribution in [2.75, 3.05) is 18.4 Å². The molecule has 33 heavy (non-hydrogen) atoms. The van der Waals surface area contributed by atoms with Gasteiger partial charge in [0.25, 0.3) is 5.91 Å². The molecule has 0 saturated heterocycles. The van der Waals surface area contributed by atoms with E-state index in [0.29, 0.717) is 29.7 Å². The topological polar surface area (TPSA) is 79.4 Å². The Labute approximate surface area is 201 Å². The molecule has 0 radical (unpaired) electrons. The Hall–Kier alpha value is -2.29. The molecule has 1 N–H and O–H groups in total. The van der Waals surface area contributed by atoms with Crippen LogP contribution in [0.5, 0.6) is 0 Å². The van der Waals surface area contributed by atoms with E-state index in [1.54, 1.807) is 16.4 Å². The molecular formula is C25H33N3O3S2. The summed E-state index contributed by atoms with van der Waals surface area (Å²) in [5.41, 5.74) is 2.47. The molecule has 178 valence electrons. The Bertz CT molecular complexity index is 1180. The maximum Gasteiger partial charge on any atom is 0.257 e. The number of hydrogen-bond donors (Lipinski definition) is 1. The molecule has 1 aromatic heterocycles. The number of aromatic nitrogens is 1. The number of sulfonamides is 1. The maximum atomic E-state index is 13.1. The summed E-state index contributed by atoms with van der Waals surface area (Å²) in [5.74, 6) is 0.111. The number of nitrogens with one attached hydrogen (secondary N) is 1. The van der Waals surface area contributed by atoms with Crippen LogP contribution in [0.15, 0.2) is 47.4 Å². The first-order chi connectivity index (χ1) is 15.8. The molecule has 1 amide bonds. The van der Waals surface area contributed by atoms with Crippen LogP contribution in [-0.2, 0) is 10.0 Å². The lowest BCUT2D eigenvalue weighted by atomic mass is 10.0. The molecule has 1 heterocycles. The fourth-order valence-corrected chi connectivity index (χ4v) is 5.90. The predicted octanol–water partition coefficient (Wildman–Crippen LogP) is 6.26. The minimum absolute atomic E-state index is 0.215. The number of carbonyl (C=O) groups is 1. The number of nitrogens with zero attached hydrogens (tertiary/aromatic N) is 2. The van der Waals surface area contributed by atoms with Gasteiger partial charge >= 0.3 is 0 Å². The van der Waals surface area contributed by atoms with Crippen LogP contribution in [0.25, 0.3) is 10.2 Å². The average Bonchev–Trinajstić information content (AvgIpc) is 3.20. The molecule has 6 nitrogen and oxygen atoms in total. The Kier molecular flexibility index (Phi) is 8.62. The molecule has 0 atom stereocenters. The van der Waals surface area contributed by atoms with Crippen LogP contribution < -0.4 is 5.32 Å². The molecule has 2 aromatic carbocycles. The summed E-state index contributed by atoms with van der Waals surface area (Å²) in [7, 11) is -3.58. The highest BCUT2D eigenvalue weighted by atomic mass is 32.2. The number of unbranched alkanes of at least 4 members (excludes halogenated alkanes) is 2. The predicted molar refractivity (Wildman–Crippen MR) is 137 cm³/mol. The molecule has 0 saturated carbocycles. The molecule has 8 heteroatoms. The molecule has 0 fully saturated rings. The number of anilines is 1. The van der Waals surface area contributed by atoms with Crippen LogP contribution in [0, 0.1) is 0 Å². The second kappa shape index (κ2) is 11.2. The number of hydrogen-bond acceptors (Lipinski definition) is 5. The van der Waals surface area contributed by atoms with Gasteiger partial charge in [-0.15, -0.1) is 0 Å². The number of benzene rings is 2. The van der Waals surface area contributed by atoms with Crippen molar-refractivity contribution in [1.29, 1.82) is 0 Å². The van der Waals surface area contributed by atoms with Gasteiger partial charge in [-0.3, -0.25) is 10.1 Å². The smallest absolute Gasteiger partial charge is 0.257 e. The first-order valence-electron chi connectivity index (χ1n) is 11.6. The van der Waals surface area contributed by atoms with Gasteiger partial charge < -0.3 is 0 Å². The third-order valence-corrected chi connectivity index (χ3v) is 8.42. The molecule has 0 bridgehead atoms. The van der Waals surface area contributed by atoms with Crippen molar-refractivity contribution in [2.45, 2.75) is 64.2 Å². The van der Waals surface area contributed by atoms with Crippen molar-refractivity contribution >= 4 is 42.6 Å². The van der Waals surface area contributed by atoms with Gasteiger partial charge in [-0.05, 0) is 60.7 Å². The van der Waals surface area contributed by atoms with Gasteiger partial charge in [0.1, 0.15) is 0 Å². The highest BCUT2D eigenvalue weighted by Crippen LogP contribution is 2.29. The van der Waals surface area contributed by atoms with Crippen LogP contribution in [0.2, 0.25) is 0 Å². The lowest BCUT2D eigenvalue weighted by molar-refractivity contribution is 0.102. The fraction of sp³-hybridized carbons (Fsp3) is 0.440. The fourth-order valence-electron chi connectivity index (χ4n) is 3.47. The second-order valence-corrected chi connectivity index (χ2v) is 11.5. The number of carbonyl (C=O) groups excluding carboxylic acids is 1. The third-order valence-electron chi connectivity index (χ3n) is 5.58. The Morgan fingerprint density at radius 2 is 1.67 bits per heavy atom. The standard InChI is InChI=1S/C25H33N3O3S2/c1-5-7-15-28(16-8-6-2)33(30,31)21-12-9-19(10-13-21)24(29)27-25-26-22-14-11-20(18(3)4)17-23(22)32-25/h9-14,17-18H,5-8,15-16H2,1-4H3,(H,26,27,29).